The van der Waals surface area contributed by atoms with Crippen LogP contribution in [0.25, 0.3) is 22.8 Å². The highest BCUT2D eigenvalue weighted by atomic mass is 35.5. The maximum Gasteiger partial charge on any atom is 0.309 e. The van der Waals surface area contributed by atoms with Crippen LogP contribution in [0.15, 0.2) is 47.0 Å². The third-order valence-corrected chi connectivity index (χ3v) is 7.27. The molecule has 2 aromatic carbocycles. The summed E-state index contributed by atoms with van der Waals surface area (Å²) >= 11 is 6.46. The Morgan fingerprint density at radius 1 is 1.15 bits per heavy atom. The maximum absolute atomic E-state index is 11.7. The molecular formula is C27H32ClN3O3. The second kappa shape index (κ2) is 10.3. The van der Waals surface area contributed by atoms with Crippen molar-refractivity contribution in [3.63, 3.8) is 0 Å². The lowest BCUT2D eigenvalue weighted by Crippen LogP contribution is -2.43. The van der Waals surface area contributed by atoms with E-state index in [1.165, 1.54) is 5.56 Å². The zero-order valence-corrected chi connectivity index (χ0v) is 20.8. The van der Waals surface area contributed by atoms with Gasteiger partial charge < -0.3 is 9.63 Å². The molecule has 0 atom stereocenters. The highest BCUT2D eigenvalue weighted by Crippen LogP contribution is 2.35. The van der Waals surface area contributed by atoms with Gasteiger partial charge in [-0.2, -0.15) is 4.98 Å². The van der Waals surface area contributed by atoms with Crippen LogP contribution in [-0.4, -0.2) is 39.2 Å². The van der Waals surface area contributed by atoms with Crippen molar-refractivity contribution in [1.82, 2.24) is 15.0 Å². The summed E-state index contributed by atoms with van der Waals surface area (Å²) in [7, 11) is 0. The van der Waals surface area contributed by atoms with Crippen LogP contribution in [0.3, 0.4) is 0 Å². The number of carbonyl (C=O) groups is 1. The molecule has 2 heterocycles. The van der Waals surface area contributed by atoms with Crippen LogP contribution in [0.5, 0.6) is 0 Å². The molecule has 1 N–H and O–H groups in total. The normalized spacial score (nSPS) is 16.1. The minimum Gasteiger partial charge on any atom is -0.481 e. The molecule has 1 aliphatic rings. The molecule has 0 amide bonds. The second-order valence-electron chi connectivity index (χ2n) is 9.74. The first kappa shape index (κ1) is 24.4. The van der Waals surface area contributed by atoms with Gasteiger partial charge in [0.1, 0.15) is 0 Å². The summed E-state index contributed by atoms with van der Waals surface area (Å²) in [5.74, 6) is 0.859. The predicted molar refractivity (Wildman–Crippen MR) is 134 cm³/mol. The fourth-order valence-corrected chi connectivity index (χ4v) is 4.88. The lowest BCUT2D eigenvalue weighted by molar-refractivity contribution is -0.152. The van der Waals surface area contributed by atoms with Crippen molar-refractivity contribution < 1.29 is 14.4 Å². The van der Waals surface area contributed by atoms with E-state index in [1.807, 2.05) is 37.3 Å². The van der Waals surface area contributed by atoms with Gasteiger partial charge in [-0.25, -0.2) is 0 Å². The van der Waals surface area contributed by atoms with E-state index in [2.05, 4.69) is 41.0 Å². The molecule has 1 fully saturated rings. The van der Waals surface area contributed by atoms with Crippen molar-refractivity contribution in [3.8, 4) is 22.8 Å². The molecule has 3 aromatic rings. The number of hydrogen-bond acceptors (Lipinski definition) is 5. The van der Waals surface area contributed by atoms with Gasteiger partial charge >= 0.3 is 5.97 Å². The number of carboxylic acid groups (broad SMARTS) is 1. The van der Waals surface area contributed by atoms with Crippen molar-refractivity contribution in [2.24, 2.45) is 11.3 Å². The number of nitrogens with zero attached hydrogens (tertiary/aromatic N) is 3. The molecular weight excluding hydrogens is 450 g/mol. The summed E-state index contributed by atoms with van der Waals surface area (Å²) in [5, 5.41) is 14.5. The Morgan fingerprint density at radius 3 is 2.41 bits per heavy atom. The first-order valence-corrected chi connectivity index (χ1v) is 12.3. The number of carboxylic acids is 1. The standard InChI is InChI=1S/C27H32ClN3O3/c1-4-27(26(32)33)11-13-31(14-12-27)17-19-5-7-20(8-6-19)24-29-25(34-30-24)22-10-9-21(15-18(2)3)23(28)16-22/h5-10,16,18H,4,11-15,17H2,1-3H3,(H,32,33). The number of aromatic nitrogens is 2. The van der Waals surface area contributed by atoms with Crippen molar-refractivity contribution in [2.45, 2.75) is 53.0 Å². The van der Waals surface area contributed by atoms with Gasteiger partial charge in [0.15, 0.2) is 0 Å². The molecule has 6 nitrogen and oxygen atoms in total. The van der Waals surface area contributed by atoms with Gasteiger partial charge in [0.05, 0.1) is 5.41 Å². The molecule has 0 saturated carbocycles. The largest absolute Gasteiger partial charge is 0.481 e. The van der Waals surface area contributed by atoms with Crippen LogP contribution in [-0.2, 0) is 17.8 Å². The van der Waals surface area contributed by atoms with E-state index < -0.39 is 11.4 Å². The second-order valence-corrected chi connectivity index (χ2v) is 10.1. The summed E-state index contributed by atoms with van der Waals surface area (Å²) in [6, 6.07) is 14.0. The molecule has 0 aliphatic carbocycles. The van der Waals surface area contributed by atoms with Crippen molar-refractivity contribution >= 4 is 17.6 Å². The van der Waals surface area contributed by atoms with Crippen LogP contribution < -0.4 is 0 Å². The van der Waals surface area contributed by atoms with Gasteiger partial charge in [0, 0.05) is 22.7 Å². The van der Waals surface area contributed by atoms with Gasteiger partial charge in [0.25, 0.3) is 5.89 Å². The highest BCUT2D eigenvalue weighted by molar-refractivity contribution is 6.31. The molecule has 0 bridgehead atoms. The average molecular weight is 482 g/mol. The van der Waals surface area contributed by atoms with Crippen LogP contribution in [0.2, 0.25) is 5.02 Å². The predicted octanol–water partition coefficient (Wildman–Crippen LogP) is 6.33. The summed E-state index contributed by atoms with van der Waals surface area (Å²) in [4.78, 5) is 18.6. The number of rotatable bonds is 8. The van der Waals surface area contributed by atoms with Crippen molar-refractivity contribution in [1.29, 1.82) is 0 Å². The van der Waals surface area contributed by atoms with E-state index in [4.69, 9.17) is 16.1 Å². The fourth-order valence-electron chi connectivity index (χ4n) is 4.62. The maximum atomic E-state index is 11.7. The van der Waals surface area contributed by atoms with Gasteiger partial charge in [-0.1, -0.05) is 67.9 Å². The fraction of sp³-hybridized carbons (Fsp3) is 0.444. The molecule has 1 saturated heterocycles. The molecule has 180 valence electrons. The number of benzene rings is 2. The summed E-state index contributed by atoms with van der Waals surface area (Å²) in [5.41, 5.74) is 3.43. The molecule has 4 rings (SSSR count). The van der Waals surface area contributed by atoms with E-state index in [1.54, 1.807) is 0 Å². The minimum absolute atomic E-state index is 0.447. The average Bonchev–Trinajstić information content (AvgIpc) is 3.31. The Morgan fingerprint density at radius 2 is 1.82 bits per heavy atom. The SMILES string of the molecule is CCC1(C(=O)O)CCN(Cc2ccc(-c3noc(-c4ccc(CC(C)C)c(Cl)c4)n3)cc2)CC1. The first-order chi connectivity index (χ1) is 16.3. The summed E-state index contributed by atoms with van der Waals surface area (Å²) in [6.07, 6.45) is 3.01. The molecule has 1 aromatic heterocycles. The van der Waals surface area contributed by atoms with Gasteiger partial charge in [-0.15, -0.1) is 0 Å². The monoisotopic (exact) mass is 481 g/mol. The lowest BCUT2D eigenvalue weighted by atomic mass is 9.76. The van der Waals surface area contributed by atoms with Crippen LogP contribution >= 0.6 is 11.6 Å². The van der Waals surface area contributed by atoms with E-state index in [9.17, 15) is 9.90 Å². The lowest BCUT2D eigenvalue weighted by Gasteiger charge is -2.38. The molecule has 1 aliphatic heterocycles. The Hall–Kier alpha value is -2.70. The van der Waals surface area contributed by atoms with E-state index in [0.717, 1.165) is 42.7 Å². The number of aliphatic carboxylic acids is 1. The van der Waals surface area contributed by atoms with Crippen LogP contribution in [0, 0.1) is 11.3 Å². The zero-order valence-electron chi connectivity index (χ0n) is 20.1. The smallest absolute Gasteiger partial charge is 0.309 e. The number of likely N-dealkylation sites (tertiary alicyclic amines) is 1. The summed E-state index contributed by atoms with van der Waals surface area (Å²) in [6.45, 7) is 8.72. The highest BCUT2D eigenvalue weighted by Gasteiger charge is 2.39. The van der Waals surface area contributed by atoms with Crippen molar-refractivity contribution in [2.75, 3.05) is 13.1 Å². The zero-order chi connectivity index (χ0) is 24.3. The molecule has 0 radical (unpaired) electrons. The first-order valence-electron chi connectivity index (χ1n) is 12.0. The van der Waals surface area contributed by atoms with Gasteiger partial charge in [-0.05, 0) is 68.0 Å². The quantitative estimate of drug-likeness (QED) is 0.404. The summed E-state index contributed by atoms with van der Waals surface area (Å²) < 4.78 is 5.51. The van der Waals surface area contributed by atoms with E-state index in [-0.39, 0.29) is 0 Å². The van der Waals surface area contributed by atoms with E-state index >= 15 is 0 Å². The third kappa shape index (κ3) is 5.34. The van der Waals surface area contributed by atoms with Crippen molar-refractivity contribution in [3.05, 3.63) is 58.6 Å². The van der Waals surface area contributed by atoms with Crippen LogP contribution in [0.4, 0.5) is 0 Å². The van der Waals surface area contributed by atoms with Gasteiger partial charge in [-0.3, -0.25) is 9.69 Å². The van der Waals surface area contributed by atoms with Gasteiger partial charge in [0.2, 0.25) is 5.82 Å². The van der Waals surface area contributed by atoms with E-state index in [0.29, 0.717) is 41.9 Å². The number of piperidine rings is 1. The minimum atomic E-state index is -0.660. The molecule has 34 heavy (non-hydrogen) atoms. The Labute approximate surface area is 205 Å². The topological polar surface area (TPSA) is 79.5 Å². The Kier molecular flexibility index (Phi) is 7.39. The Bertz CT molecular complexity index is 1130. The molecule has 0 unspecified atom stereocenters. The molecule has 0 spiro atoms. The van der Waals surface area contributed by atoms with Crippen LogP contribution in [0.1, 0.15) is 51.2 Å². The Balaban J connectivity index is 1.40. The number of hydrogen-bond donors (Lipinski definition) is 1. The number of halogens is 1. The molecule has 7 heteroatoms. The third-order valence-electron chi connectivity index (χ3n) is 6.92.